The number of benzene rings is 1. The number of hydrogen-bond donors (Lipinski definition) is 2. The van der Waals surface area contributed by atoms with Gasteiger partial charge in [-0.15, -0.1) is 0 Å². The molecule has 2 N–H and O–H groups in total. The lowest BCUT2D eigenvalue weighted by Gasteiger charge is -2.18. The largest absolute Gasteiger partial charge is 0.388 e. The number of carbonyl (C=O) groups excluding carboxylic acids is 1. The van der Waals surface area contributed by atoms with Gasteiger partial charge in [-0.3, -0.25) is 4.79 Å². The third-order valence-electron chi connectivity index (χ3n) is 4.05. The molecule has 0 heterocycles. The van der Waals surface area contributed by atoms with Crippen LogP contribution in [0.5, 0.6) is 0 Å². The molecule has 1 aliphatic carbocycles. The average Bonchev–Trinajstić information content (AvgIpc) is 2.99. The minimum atomic E-state index is -0.696. The van der Waals surface area contributed by atoms with Crippen LogP contribution in [0.25, 0.3) is 0 Å². The molecule has 1 fully saturated rings. The molecule has 3 nitrogen and oxygen atoms in total. The molecule has 0 bridgehead atoms. The van der Waals surface area contributed by atoms with E-state index in [0.717, 1.165) is 6.42 Å². The first kappa shape index (κ1) is 15.0. The minimum absolute atomic E-state index is 0.0637. The van der Waals surface area contributed by atoms with Crippen LogP contribution in [0.4, 0.5) is 4.39 Å². The number of aliphatic hydroxyl groups excluding tert-OH is 1. The van der Waals surface area contributed by atoms with Crippen molar-refractivity contribution in [2.75, 3.05) is 0 Å². The fourth-order valence-corrected chi connectivity index (χ4v) is 2.47. The van der Waals surface area contributed by atoms with E-state index in [4.69, 9.17) is 0 Å². The third kappa shape index (κ3) is 3.57. The average molecular weight is 279 g/mol. The molecule has 110 valence electrons. The van der Waals surface area contributed by atoms with Gasteiger partial charge >= 0.3 is 0 Å². The number of carbonyl (C=O) groups is 1. The molecule has 1 aromatic carbocycles. The summed E-state index contributed by atoms with van der Waals surface area (Å²) in [4.78, 5) is 12.0. The van der Waals surface area contributed by atoms with Crippen molar-refractivity contribution in [2.24, 2.45) is 11.3 Å². The highest BCUT2D eigenvalue weighted by molar-refractivity contribution is 5.82. The fraction of sp³-hybridized carbons (Fsp3) is 0.562. The van der Waals surface area contributed by atoms with Crippen LogP contribution in [-0.4, -0.2) is 17.1 Å². The highest BCUT2D eigenvalue weighted by Gasteiger charge is 2.50. The SMILES string of the molecule is CC(CC(O)c1ccc(F)cc1)NC(=O)C1CC1(C)C. The standard InChI is InChI=1S/C16H22FNO2/c1-10(18-15(20)13-9-16(13,2)3)8-14(19)11-4-6-12(17)7-5-11/h4-7,10,13-14,19H,8-9H2,1-3H3,(H,18,20). The Kier molecular flexibility index (Phi) is 4.14. The molecule has 1 aromatic rings. The van der Waals surface area contributed by atoms with Crippen molar-refractivity contribution < 1.29 is 14.3 Å². The molecule has 20 heavy (non-hydrogen) atoms. The zero-order valence-electron chi connectivity index (χ0n) is 12.2. The number of nitrogens with one attached hydrogen (secondary N) is 1. The Hall–Kier alpha value is -1.42. The molecule has 3 atom stereocenters. The van der Waals surface area contributed by atoms with Crippen molar-refractivity contribution in [3.8, 4) is 0 Å². The van der Waals surface area contributed by atoms with Gasteiger partial charge in [-0.2, -0.15) is 0 Å². The van der Waals surface area contributed by atoms with Gasteiger partial charge in [-0.1, -0.05) is 26.0 Å². The third-order valence-corrected chi connectivity index (χ3v) is 4.05. The smallest absolute Gasteiger partial charge is 0.223 e. The molecule has 1 saturated carbocycles. The predicted octanol–water partition coefficient (Wildman–Crippen LogP) is 2.80. The molecule has 0 radical (unpaired) electrons. The summed E-state index contributed by atoms with van der Waals surface area (Å²) in [6, 6.07) is 5.68. The number of rotatable bonds is 5. The van der Waals surface area contributed by atoms with E-state index in [1.807, 2.05) is 6.92 Å². The van der Waals surface area contributed by atoms with Crippen molar-refractivity contribution in [2.45, 2.75) is 45.8 Å². The lowest BCUT2D eigenvalue weighted by atomic mass is 10.0. The molecule has 1 aliphatic rings. The molecule has 0 spiro atoms. The van der Waals surface area contributed by atoms with Crippen molar-refractivity contribution in [3.05, 3.63) is 35.6 Å². The summed E-state index contributed by atoms with van der Waals surface area (Å²) in [5.74, 6) is -0.167. The van der Waals surface area contributed by atoms with Crippen LogP contribution < -0.4 is 5.32 Å². The van der Waals surface area contributed by atoms with Crippen LogP contribution in [0.1, 0.15) is 45.3 Å². The number of halogens is 1. The topological polar surface area (TPSA) is 49.3 Å². The first-order valence-electron chi connectivity index (χ1n) is 7.03. The van der Waals surface area contributed by atoms with Crippen LogP contribution in [0.2, 0.25) is 0 Å². The Morgan fingerprint density at radius 2 is 2.00 bits per heavy atom. The van der Waals surface area contributed by atoms with Crippen LogP contribution in [0, 0.1) is 17.2 Å². The zero-order valence-corrected chi connectivity index (χ0v) is 12.2. The Morgan fingerprint density at radius 1 is 1.45 bits per heavy atom. The van der Waals surface area contributed by atoms with Crippen molar-refractivity contribution in [3.63, 3.8) is 0 Å². The van der Waals surface area contributed by atoms with Gasteiger partial charge in [0.2, 0.25) is 5.91 Å². The normalized spacial score (nSPS) is 22.9. The molecule has 0 saturated heterocycles. The number of aliphatic hydroxyl groups is 1. The lowest BCUT2D eigenvalue weighted by molar-refractivity contribution is -0.123. The van der Waals surface area contributed by atoms with Crippen LogP contribution in [0.3, 0.4) is 0 Å². The highest BCUT2D eigenvalue weighted by atomic mass is 19.1. The van der Waals surface area contributed by atoms with Gasteiger partial charge in [0.25, 0.3) is 0 Å². The summed E-state index contributed by atoms with van der Waals surface area (Å²) < 4.78 is 12.8. The molecule has 2 rings (SSSR count). The monoisotopic (exact) mass is 279 g/mol. The number of hydrogen-bond acceptors (Lipinski definition) is 2. The van der Waals surface area contributed by atoms with Crippen molar-refractivity contribution in [1.29, 1.82) is 0 Å². The van der Waals surface area contributed by atoms with Gasteiger partial charge in [0, 0.05) is 12.0 Å². The molecule has 0 aromatic heterocycles. The molecule has 3 unspecified atom stereocenters. The van der Waals surface area contributed by atoms with Gasteiger partial charge in [0.05, 0.1) is 6.10 Å². The van der Waals surface area contributed by atoms with E-state index < -0.39 is 6.10 Å². The Morgan fingerprint density at radius 3 is 2.50 bits per heavy atom. The quantitative estimate of drug-likeness (QED) is 0.870. The molecule has 0 aliphatic heterocycles. The van der Waals surface area contributed by atoms with E-state index in [1.54, 1.807) is 12.1 Å². The summed E-state index contributed by atoms with van der Waals surface area (Å²) in [6.07, 6.45) is 0.648. The van der Waals surface area contributed by atoms with E-state index in [9.17, 15) is 14.3 Å². The lowest BCUT2D eigenvalue weighted by Crippen LogP contribution is -2.35. The van der Waals surface area contributed by atoms with Gasteiger partial charge in [-0.05, 0) is 42.9 Å². The summed E-state index contributed by atoms with van der Waals surface area (Å²) in [6.45, 7) is 6.03. The van der Waals surface area contributed by atoms with E-state index in [1.165, 1.54) is 12.1 Å². The molecule has 4 heteroatoms. The highest BCUT2D eigenvalue weighted by Crippen LogP contribution is 2.51. The van der Waals surface area contributed by atoms with E-state index in [0.29, 0.717) is 12.0 Å². The summed E-state index contributed by atoms with van der Waals surface area (Å²) >= 11 is 0. The summed E-state index contributed by atoms with van der Waals surface area (Å²) in [5, 5.41) is 13.0. The maximum absolute atomic E-state index is 12.8. The first-order chi connectivity index (χ1) is 9.29. The Balaban J connectivity index is 1.83. The zero-order chi connectivity index (χ0) is 14.9. The van der Waals surface area contributed by atoms with Crippen LogP contribution in [-0.2, 0) is 4.79 Å². The Bertz CT molecular complexity index is 484. The summed E-state index contributed by atoms with van der Waals surface area (Å²) in [5.41, 5.74) is 0.776. The summed E-state index contributed by atoms with van der Waals surface area (Å²) in [7, 11) is 0. The van der Waals surface area contributed by atoms with Crippen molar-refractivity contribution >= 4 is 5.91 Å². The van der Waals surface area contributed by atoms with Crippen LogP contribution >= 0.6 is 0 Å². The van der Waals surface area contributed by atoms with Gasteiger partial charge in [0.1, 0.15) is 5.82 Å². The second-order valence-corrected chi connectivity index (χ2v) is 6.46. The maximum atomic E-state index is 12.8. The van der Waals surface area contributed by atoms with E-state index in [-0.39, 0.29) is 29.1 Å². The fourth-order valence-electron chi connectivity index (χ4n) is 2.47. The van der Waals surface area contributed by atoms with Crippen molar-refractivity contribution in [1.82, 2.24) is 5.32 Å². The van der Waals surface area contributed by atoms with Crippen LogP contribution in [0.15, 0.2) is 24.3 Å². The maximum Gasteiger partial charge on any atom is 0.223 e. The van der Waals surface area contributed by atoms with E-state index in [2.05, 4.69) is 19.2 Å². The van der Waals surface area contributed by atoms with Gasteiger partial charge in [0.15, 0.2) is 0 Å². The Labute approximate surface area is 119 Å². The molecular formula is C16H22FNO2. The van der Waals surface area contributed by atoms with Gasteiger partial charge < -0.3 is 10.4 Å². The van der Waals surface area contributed by atoms with E-state index >= 15 is 0 Å². The minimum Gasteiger partial charge on any atom is -0.388 e. The first-order valence-corrected chi connectivity index (χ1v) is 7.03. The second kappa shape index (κ2) is 5.52. The number of amides is 1. The second-order valence-electron chi connectivity index (χ2n) is 6.46. The predicted molar refractivity (Wildman–Crippen MR) is 75.5 cm³/mol. The van der Waals surface area contributed by atoms with Gasteiger partial charge in [-0.25, -0.2) is 4.39 Å². The molecule has 1 amide bonds. The molecular weight excluding hydrogens is 257 g/mol.